The number of hydrogen-bond acceptors (Lipinski definition) is 5. The van der Waals surface area contributed by atoms with Gasteiger partial charge in [0.05, 0.1) is 17.9 Å². The molecule has 0 radical (unpaired) electrons. The molecule has 1 amide bonds. The second kappa shape index (κ2) is 10.8. The number of amides is 1. The number of pyridine rings is 1. The molecular weight excluding hydrogens is 503 g/mol. The van der Waals surface area contributed by atoms with Crippen LogP contribution < -0.4 is 0 Å². The third-order valence-corrected chi connectivity index (χ3v) is 6.87. The first-order valence-corrected chi connectivity index (χ1v) is 12.7. The maximum atomic E-state index is 14.1. The van der Waals surface area contributed by atoms with Crippen LogP contribution in [-0.2, 0) is 19.1 Å². The number of halogens is 2. The van der Waals surface area contributed by atoms with E-state index >= 15 is 0 Å². The number of rotatable bonds is 7. The minimum Gasteiger partial charge on any atom is -0.481 e. The molecule has 7 nitrogen and oxygen atoms in total. The number of carbonyl (C=O) groups excluding carboxylic acids is 2. The summed E-state index contributed by atoms with van der Waals surface area (Å²) in [6.07, 6.45) is 1.68. The number of piperidine rings is 1. The van der Waals surface area contributed by atoms with E-state index < -0.39 is 53.3 Å². The van der Waals surface area contributed by atoms with Crippen LogP contribution in [0.5, 0.6) is 0 Å². The number of hydrogen-bond donors (Lipinski definition) is 1. The highest BCUT2D eigenvalue weighted by molar-refractivity contribution is 6.30. The smallest absolute Gasteiger partial charge is 0.329 e. The van der Waals surface area contributed by atoms with Crippen LogP contribution in [0.2, 0.25) is 10.0 Å². The number of carboxylic acids is 1. The van der Waals surface area contributed by atoms with Gasteiger partial charge in [-0.3, -0.25) is 14.6 Å². The van der Waals surface area contributed by atoms with Gasteiger partial charge in [-0.05, 0) is 63.4 Å². The van der Waals surface area contributed by atoms with Crippen LogP contribution in [0, 0.1) is 5.41 Å². The van der Waals surface area contributed by atoms with E-state index in [1.54, 1.807) is 65.1 Å². The quantitative estimate of drug-likeness (QED) is 0.434. The molecule has 0 spiro atoms. The molecule has 0 unspecified atom stereocenters. The Bertz CT molecular complexity index is 1130. The number of nitrogens with zero attached hydrogens (tertiary/aromatic N) is 2. The van der Waals surface area contributed by atoms with E-state index in [1.165, 1.54) is 4.90 Å². The summed E-state index contributed by atoms with van der Waals surface area (Å²) in [7, 11) is 0. The molecule has 0 bridgehead atoms. The average molecular weight is 535 g/mol. The fraction of sp³-hybridized carbons (Fsp3) is 0.481. The largest absolute Gasteiger partial charge is 0.481 e. The van der Waals surface area contributed by atoms with Gasteiger partial charge >= 0.3 is 11.9 Å². The van der Waals surface area contributed by atoms with Crippen molar-refractivity contribution in [1.29, 1.82) is 0 Å². The van der Waals surface area contributed by atoms with Gasteiger partial charge in [0, 0.05) is 27.9 Å². The van der Waals surface area contributed by atoms with Crippen molar-refractivity contribution in [3.05, 3.63) is 63.9 Å². The van der Waals surface area contributed by atoms with Gasteiger partial charge in [0.15, 0.2) is 0 Å². The first-order chi connectivity index (χ1) is 16.8. The number of ether oxygens (including phenoxy) is 1. The van der Waals surface area contributed by atoms with Gasteiger partial charge in [-0.15, -0.1) is 0 Å². The molecule has 0 aliphatic carbocycles. The molecule has 36 heavy (non-hydrogen) atoms. The van der Waals surface area contributed by atoms with Gasteiger partial charge in [-0.25, -0.2) is 4.79 Å². The summed E-state index contributed by atoms with van der Waals surface area (Å²) in [5.74, 6) is -2.50. The molecule has 2 heterocycles. The zero-order valence-corrected chi connectivity index (χ0v) is 22.6. The lowest BCUT2D eigenvalue weighted by Crippen LogP contribution is -2.58. The van der Waals surface area contributed by atoms with Crippen molar-refractivity contribution < 1.29 is 24.2 Å². The summed E-state index contributed by atoms with van der Waals surface area (Å²) in [6.45, 7) is 8.73. The van der Waals surface area contributed by atoms with E-state index in [0.717, 1.165) is 5.56 Å². The fourth-order valence-electron chi connectivity index (χ4n) is 4.92. The Morgan fingerprint density at radius 2 is 1.83 bits per heavy atom. The van der Waals surface area contributed by atoms with Crippen LogP contribution in [0.15, 0.2) is 42.6 Å². The first-order valence-electron chi connectivity index (χ1n) is 11.9. The van der Waals surface area contributed by atoms with E-state index in [1.807, 2.05) is 12.1 Å². The Morgan fingerprint density at radius 3 is 2.36 bits per heavy atom. The van der Waals surface area contributed by atoms with E-state index in [4.69, 9.17) is 27.9 Å². The zero-order valence-electron chi connectivity index (χ0n) is 21.1. The van der Waals surface area contributed by atoms with Gasteiger partial charge in [0.1, 0.15) is 11.6 Å². The summed E-state index contributed by atoms with van der Waals surface area (Å²) < 4.78 is 5.70. The minimum absolute atomic E-state index is 0.208. The SMILES string of the molecule is CC[C@@H](C(=O)OC(C)(C)C)N1C(=O)[C@](C)(CC(=O)O)C[C@H](c2cc(Cl)ccn2)[C@H]1c1ccc(Cl)cc1. The van der Waals surface area contributed by atoms with Crippen molar-refractivity contribution >= 4 is 41.0 Å². The van der Waals surface area contributed by atoms with Crippen LogP contribution >= 0.6 is 23.2 Å². The summed E-state index contributed by atoms with van der Waals surface area (Å²) in [5.41, 5.74) is -0.689. The third-order valence-electron chi connectivity index (χ3n) is 6.38. The molecule has 194 valence electrons. The third kappa shape index (κ3) is 6.19. The molecule has 2 aromatic rings. The zero-order chi connectivity index (χ0) is 26.8. The number of benzene rings is 1. The molecular formula is C27H32Cl2N2O5. The van der Waals surface area contributed by atoms with E-state index in [9.17, 15) is 19.5 Å². The van der Waals surface area contributed by atoms with Gasteiger partial charge < -0.3 is 14.7 Å². The Morgan fingerprint density at radius 1 is 1.19 bits per heavy atom. The molecule has 1 aromatic carbocycles. The lowest BCUT2D eigenvalue weighted by Gasteiger charge is -2.50. The van der Waals surface area contributed by atoms with Gasteiger partial charge in [0.2, 0.25) is 5.91 Å². The van der Waals surface area contributed by atoms with Gasteiger partial charge in [-0.2, -0.15) is 0 Å². The first kappa shape index (κ1) is 27.9. The average Bonchev–Trinajstić information content (AvgIpc) is 2.76. The number of esters is 1. The maximum absolute atomic E-state index is 14.1. The molecule has 1 aliphatic heterocycles. The number of likely N-dealkylation sites (tertiary alicyclic amines) is 1. The number of aromatic nitrogens is 1. The monoisotopic (exact) mass is 534 g/mol. The Kier molecular flexibility index (Phi) is 8.36. The van der Waals surface area contributed by atoms with Crippen LogP contribution in [0.25, 0.3) is 0 Å². The minimum atomic E-state index is -1.28. The Balaban J connectivity index is 2.25. The van der Waals surface area contributed by atoms with Crippen molar-refractivity contribution in [2.24, 2.45) is 5.41 Å². The predicted octanol–water partition coefficient (Wildman–Crippen LogP) is 6.05. The van der Waals surface area contributed by atoms with E-state index in [-0.39, 0.29) is 12.8 Å². The Hall–Kier alpha value is -2.64. The lowest BCUT2D eigenvalue weighted by molar-refractivity contribution is -0.175. The normalized spacial score (nSPS) is 23.3. The highest BCUT2D eigenvalue weighted by Crippen LogP contribution is 2.52. The van der Waals surface area contributed by atoms with Crippen molar-refractivity contribution in [3.8, 4) is 0 Å². The van der Waals surface area contributed by atoms with Crippen LogP contribution in [0.3, 0.4) is 0 Å². The number of carboxylic acid groups (broad SMARTS) is 1. The standard InChI is InChI=1S/C27H32Cl2N2O5/c1-6-21(24(34)36-26(2,3)4)31-23(16-7-9-17(28)10-8-16)19(20-13-18(29)11-12-30-20)14-27(5,25(31)35)15-22(32)33/h7-13,19,21,23H,6,14-15H2,1-5H3,(H,32,33)/t19-,21+,23-,27+/m1/s1. The molecule has 1 N–H and O–H groups in total. The Labute approximate surface area is 221 Å². The molecule has 3 rings (SSSR count). The summed E-state index contributed by atoms with van der Waals surface area (Å²) >= 11 is 12.5. The van der Waals surface area contributed by atoms with E-state index in [2.05, 4.69) is 4.98 Å². The van der Waals surface area contributed by atoms with Crippen LogP contribution in [0.4, 0.5) is 0 Å². The van der Waals surface area contributed by atoms with Crippen LogP contribution in [0.1, 0.15) is 77.1 Å². The second-order valence-corrected chi connectivity index (χ2v) is 11.4. The second-order valence-electron chi connectivity index (χ2n) is 10.5. The summed E-state index contributed by atoms with van der Waals surface area (Å²) in [6, 6.07) is 8.88. The molecule has 9 heteroatoms. The highest BCUT2D eigenvalue weighted by Gasteiger charge is 2.54. The van der Waals surface area contributed by atoms with Gasteiger partial charge in [0.25, 0.3) is 0 Å². The van der Waals surface area contributed by atoms with Crippen molar-refractivity contribution in [1.82, 2.24) is 9.88 Å². The topological polar surface area (TPSA) is 96.8 Å². The molecule has 1 aromatic heterocycles. The van der Waals surface area contributed by atoms with E-state index in [0.29, 0.717) is 15.7 Å². The molecule has 1 saturated heterocycles. The van der Waals surface area contributed by atoms with Crippen molar-refractivity contribution in [3.63, 3.8) is 0 Å². The molecule has 4 atom stereocenters. The summed E-state index contributed by atoms with van der Waals surface area (Å²) in [5, 5.41) is 10.7. The number of carbonyl (C=O) groups is 3. The molecule has 1 fully saturated rings. The van der Waals surface area contributed by atoms with Crippen LogP contribution in [-0.4, -0.2) is 44.5 Å². The van der Waals surface area contributed by atoms with Gasteiger partial charge in [-0.1, -0.05) is 49.2 Å². The van der Waals surface area contributed by atoms with Crippen molar-refractivity contribution in [2.45, 2.75) is 77.5 Å². The molecule has 1 aliphatic rings. The molecule has 0 saturated carbocycles. The van der Waals surface area contributed by atoms with Crippen molar-refractivity contribution in [2.75, 3.05) is 0 Å². The lowest BCUT2D eigenvalue weighted by atomic mass is 9.68. The highest BCUT2D eigenvalue weighted by atomic mass is 35.5. The maximum Gasteiger partial charge on any atom is 0.329 e. The fourth-order valence-corrected chi connectivity index (χ4v) is 5.22. The number of aliphatic carboxylic acids is 1. The summed E-state index contributed by atoms with van der Waals surface area (Å²) in [4.78, 5) is 45.4. The predicted molar refractivity (Wildman–Crippen MR) is 138 cm³/mol.